The van der Waals surface area contributed by atoms with Crippen molar-refractivity contribution >= 4 is 34.2 Å². The zero-order valence-corrected chi connectivity index (χ0v) is 14.0. The van der Waals surface area contributed by atoms with Crippen molar-refractivity contribution in [3.05, 3.63) is 29.0 Å². The number of aromatic nitrogens is 2. The number of para-hydroxylation sites is 1. The van der Waals surface area contributed by atoms with E-state index in [9.17, 15) is 0 Å². The Morgan fingerprint density at radius 3 is 2.86 bits per heavy atom. The van der Waals surface area contributed by atoms with Crippen molar-refractivity contribution in [2.75, 3.05) is 5.88 Å². The van der Waals surface area contributed by atoms with Crippen molar-refractivity contribution in [3.8, 4) is 0 Å². The minimum atomic E-state index is 0.547. The van der Waals surface area contributed by atoms with Crippen LogP contribution < -0.4 is 0 Å². The molecule has 0 bridgehead atoms. The lowest BCUT2D eigenvalue weighted by molar-refractivity contribution is 0.233. The highest BCUT2D eigenvalue weighted by Crippen LogP contribution is 2.39. The Kier molecular flexibility index (Phi) is 4.75. The number of alkyl halides is 1. The van der Waals surface area contributed by atoms with Gasteiger partial charge in [-0.05, 0) is 30.9 Å². The van der Waals surface area contributed by atoms with Crippen LogP contribution in [0.3, 0.4) is 0 Å². The topological polar surface area (TPSA) is 17.8 Å². The van der Waals surface area contributed by atoms with Crippen LogP contribution in [0.25, 0.3) is 11.0 Å². The second-order valence-corrected chi connectivity index (χ2v) is 6.75. The minimum Gasteiger partial charge on any atom is -0.325 e. The van der Waals surface area contributed by atoms with E-state index < -0.39 is 0 Å². The molecule has 0 amide bonds. The molecule has 2 aromatic rings. The Morgan fingerprint density at radius 1 is 1.29 bits per heavy atom. The monoisotopic (exact) mass is 324 g/mol. The van der Waals surface area contributed by atoms with Crippen LogP contribution in [0.4, 0.5) is 0 Å². The molecule has 0 spiro atoms. The fourth-order valence-corrected chi connectivity index (χ4v) is 4.15. The standard InChI is InChI=1S/C17H22Cl2N2/c1-2-12-6-3-4-8-14(12)21-15-9-5-7-13(19)17(15)20-16(21)10-11-18/h5,7,9,12,14H,2-4,6,8,10-11H2,1H3. The molecule has 1 aliphatic carbocycles. The van der Waals surface area contributed by atoms with E-state index in [2.05, 4.69) is 17.6 Å². The summed E-state index contributed by atoms with van der Waals surface area (Å²) in [6, 6.07) is 6.64. The number of rotatable bonds is 4. The van der Waals surface area contributed by atoms with Crippen molar-refractivity contribution < 1.29 is 0 Å². The molecule has 114 valence electrons. The Morgan fingerprint density at radius 2 is 2.10 bits per heavy atom. The summed E-state index contributed by atoms with van der Waals surface area (Å²) in [7, 11) is 0. The van der Waals surface area contributed by atoms with E-state index in [0.717, 1.165) is 28.7 Å². The molecule has 1 saturated carbocycles. The molecule has 1 aromatic heterocycles. The number of fused-ring (bicyclic) bond motifs is 1. The third-order valence-corrected chi connectivity index (χ3v) is 5.28. The summed E-state index contributed by atoms with van der Waals surface area (Å²) in [6.07, 6.45) is 7.26. The van der Waals surface area contributed by atoms with Crippen LogP contribution in [0.15, 0.2) is 18.2 Å². The molecule has 1 heterocycles. The summed E-state index contributed by atoms with van der Waals surface area (Å²) >= 11 is 12.3. The molecule has 0 saturated heterocycles. The van der Waals surface area contributed by atoms with Gasteiger partial charge in [0.1, 0.15) is 11.3 Å². The molecule has 4 heteroatoms. The summed E-state index contributed by atoms with van der Waals surface area (Å²) in [6.45, 7) is 2.30. The minimum absolute atomic E-state index is 0.547. The molecule has 0 N–H and O–H groups in total. The zero-order chi connectivity index (χ0) is 14.8. The Labute approximate surface area is 136 Å². The number of aryl methyl sites for hydroxylation is 1. The summed E-state index contributed by atoms with van der Waals surface area (Å²) in [5.41, 5.74) is 2.10. The highest BCUT2D eigenvalue weighted by Gasteiger charge is 2.28. The van der Waals surface area contributed by atoms with Gasteiger partial charge in [0, 0.05) is 18.3 Å². The number of hydrogen-bond acceptors (Lipinski definition) is 1. The van der Waals surface area contributed by atoms with Crippen LogP contribution in [-0.4, -0.2) is 15.4 Å². The van der Waals surface area contributed by atoms with Crippen molar-refractivity contribution in [1.82, 2.24) is 9.55 Å². The average Bonchev–Trinajstić information content (AvgIpc) is 2.87. The average molecular weight is 325 g/mol. The maximum atomic E-state index is 6.34. The molecule has 0 radical (unpaired) electrons. The van der Waals surface area contributed by atoms with Gasteiger partial charge in [-0.1, -0.05) is 43.9 Å². The summed E-state index contributed by atoms with van der Waals surface area (Å²) in [5.74, 6) is 2.44. The van der Waals surface area contributed by atoms with Crippen LogP contribution in [0.1, 0.15) is 50.9 Å². The molecule has 1 aliphatic rings. The second kappa shape index (κ2) is 6.58. The van der Waals surface area contributed by atoms with Crippen LogP contribution in [-0.2, 0) is 6.42 Å². The molecule has 2 nitrogen and oxygen atoms in total. The normalized spacial score (nSPS) is 22.8. The maximum absolute atomic E-state index is 6.34. The van der Waals surface area contributed by atoms with Gasteiger partial charge in [-0.15, -0.1) is 11.6 Å². The highest BCUT2D eigenvalue weighted by atomic mass is 35.5. The van der Waals surface area contributed by atoms with Crippen LogP contribution in [0, 0.1) is 5.92 Å². The number of imidazole rings is 1. The summed E-state index contributed by atoms with van der Waals surface area (Å²) in [5, 5.41) is 0.742. The van der Waals surface area contributed by atoms with E-state index >= 15 is 0 Å². The van der Waals surface area contributed by atoms with Crippen LogP contribution in [0.5, 0.6) is 0 Å². The fourth-order valence-electron chi connectivity index (χ4n) is 3.77. The van der Waals surface area contributed by atoms with E-state index in [-0.39, 0.29) is 0 Å². The van der Waals surface area contributed by atoms with Gasteiger partial charge >= 0.3 is 0 Å². The first kappa shape index (κ1) is 15.2. The van der Waals surface area contributed by atoms with Gasteiger partial charge in [0.15, 0.2) is 0 Å². The number of benzene rings is 1. The predicted molar refractivity (Wildman–Crippen MR) is 90.5 cm³/mol. The second-order valence-electron chi connectivity index (χ2n) is 5.96. The molecular formula is C17H22Cl2N2. The first-order valence-corrected chi connectivity index (χ1v) is 8.88. The highest BCUT2D eigenvalue weighted by molar-refractivity contribution is 6.34. The summed E-state index contributed by atoms with van der Waals surface area (Å²) < 4.78 is 2.44. The number of nitrogens with zero attached hydrogens (tertiary/aromatic N) is 2. The van der Waals surface area contributed by atoms with E-state index in [1.807, 2.05) is 12.1 Å². The van der Waals surface area contributed by atoms with E-state index in [0.29, 0.717) is 11.9 Å². The van der Waals surface area contributed by atoms with Gasteiger partial charge in [-0.3, -0.25) is 0 Å². The third-order valence-electron chi connectivity index (χ3n) is 4.79. The molecule has 0 aliphatic heterocycles. The van der Waals surface area contributed by atoms with Gasteiger partial charge in [0.2, 0.25) is 0 Å². The Hall–Kier alpha value is -0.730. The summed E-state index contributed by atoms with van der Waals surface area (Å²) in [4.78, 5) is 4.79. The lowest BCUT2D eigenvalue weighted by Gasteiger charge is -2.33. The van der Waals surface area contributed by atoms with Crippen molar-refractivity contribution in [2.45, 2.75) is 51.5 Å². The first-order valence-electron chi connectivity index (χ1n) is 7.97. The maximum Gasteiger partial charge on any atom is 0.111 e. The van der Waals surface area contributed by atoms with Gasteiger partial charge in [-0.25, -0.2) is 4.98 Å². The van der Waals surface area contributed by atoms with Crippen LogP contribution in [0.2, 0.25) is 5.02 Å². The van der Waals surface area contributed by atoms with Gasteiger partial charge in [0.25, 0.3) is 0 Å². The Bertz CT molecular complexity index is 621. The van der Waals surface area contributed by atoms with Crippen molar-refractivity contribution in [2.24, 2.45) is 5.92 Å². The quantitative estimate of drug-likeness (QED) is 0.668. The van der Waals surface area contributed by atoms with Gasteiger partial charge < -0.3 is 4.57 Å². The lowest BCUT2D eigenvalue weighted by atomic mass is 9.82. The SMILES string of the molecule is CCC1CCCCC1n1c(CCCl)nc2c(Cl)cccc21. The van der Waals surface area contributed by atoms with E-state index in [4.69, 9.17) is 28.2 Å². The molecule has 2 atom stereocenters. The molecule has 2 unspecified atom stereocenters. The molecule has 3 rings (SSSR count). The smallest absolute Gasteiger partial charge is 0.111 e. The largest absolute Gasteiger partial charge is 0.325 e. The molecule has 1 fully saturated rings. The molecule has 21 heavy (non-hydrogen) atoms. The fraction of sp³-hybridized carbons (Fsp3) is 0.588. The van der Waals surface area contributed by atoms with Gasteiger partial charge in [-0.2, -0.15) is 0 Å². The Balaban J connectivity index is 2.14. The van der Waals surface area contributed by atoms with E-state index in [1.165, 1.54) is 37.6 Å². The number of hydrogen-bond donors (Lipinski definition) is 0. The van der Waals surface area contributed by atoms with Crippen molar-refractivity contribution in [1.29, 1.82) is 0 Å². The third kappa shape index (κ3) is 2.80. The predicted octanol–water partition coefficient (Wildman–Crippen LogP) is 5.61. The zero-order valence-electron chi connectivity index (χ0n) is 12.5. The van der Waals surface area contributed by atoms with Crippen molar-refractivity contribution in [3.63, 3.8) is 0 Å². The number of halogens is 2. The molecule has 1 aromatic carbocycles. The molecular weight excluding hydrogens is 303 g/mol. The van der Waals surface area contributed by atoms with Crippen LogP contribution >= 0.6 is 23.2 Å². The first-order chi connectivity index (χ1) is 10.3. The lowest BCUT2D eigenvalue weighted by Crippen LogP contribution is -2.24. The van der Waals surface area contributed by atoms with E-state index in [1.54, 1.807) is 0 Å². The van der Waals surface area contributed by atoms with Gasteiger partial charge in [0.05, 0.1) is 10.5 Å².